The number of halogens is 1. The highest BCUT2D eigenvalue weighted by molar-refractivity contribution is 5.52. The van der Waals surface area contributed by atoms with Gasteiger partial charge in [0, 0.05) is 36.5 Å². The van der Waals surface area contributed by atoms with Crippen LogP contribution in [0.25, 0.3) is 0 Å². The molecule has 1 aliphatic carbocycles. The molecule has 3 heterocycles. The van der Waals surface area contributed by atoms with Crippen molar-refractivity contribution in [2.24, 2.45) is 5.41 Å². The maximum atomic E-state index is 10.7. The predicted molar refractivity (Wildman–Crippen MR) is 94.5 cm³/mol. The normalized spacial score (nSPS) is 23.7. The monoisotopic (exact) mass is 375 g/mol. The molecule has 0 spiro atoms. The van der Waals surface area contributed by atoms with Gasteiger partial charge in [-0.2, -0.15) is 4.57 Å². The van der Waals surface area contributed by atoms with Crippen molar-refractivity contribution in [3.8, 4) is 5.75 Å². The van der Waals surface area contributed by atoms with Crippen molar-refractivity contribution in [2.75, 3.05) is 13.2 Å². The molecule has 1 aromatic carbocycles. The second kappa shape index (κ2) is 6.52. The number of aromatic nitrogens is 1. The molecular weight excluding hydrogens is 350 g/mol. The Balaban J connectivity index is 0.00000196. The van der Waals surface area contributed by atoms with E-state index in [1.54, 1.807) is 6.07 Å². The topological polar surface area (TPSA) is 42.6 Å². The Kier molecular flexibility index (Phi) is 4.80. The van der Waals surface area contributed by atoms with E-state index < -0.39 is 5.79 Å². The molecule has 1 N–H and O–H groups in total. The van der Waals surface area contributed by atoms with E-state index in [1.807, 2.05) is 26.0 Å². The smallest absolute Gasteiger partial charge is 0.197 e. The predicted octanol–water partition coefficient (Wildman–Crippen LogP) is 0.528. The zero-order chi connectivity index (χ0) is 17.8. The second-order valence-corrected chi connectivity index (χ2v) is 7.40. The van der Waals surface area contributed by atoms with Crippen molar-refractivity contribution in [3.05, 3.63) is 59.4 Å². The van der Waals surface area contributed by atoms with Crippen LogP contribution in [-0.2, 0) is 9.47 Å². The lowest BCUT2D eigenvalue weighted by atomic mass is 9.57. The van der Waals surface area contributed by atoms with Crippen molar-refractivity contribution in [3.63, 3.8) is 0 Å². The van der Waals surface area contributed by atoms with Crippen LogP contribution in [0.5, 0.6) is 5.75 Å². The lowest BCUT2D eigenvalue weighted by Gasteiger charge is -2.57. The van der Waals surface area contributed by atoms with Crippen molar-refractivity contribution >= 4 is 0 Å². The molecule has 2 bridgehead atoms. The third-order valence-corrected chi connectivity index (χ3v) is 5.88. The highest BCUT2D eigenvalue weighted by atomic mass is 35.5. The number of aromatic hydroxyl groups is 1. The SMILES string of the molecule is CCOC1(OCC)C2c3c(O)cccc3C([n+]3ccccc32)C1(C)C.[Cl-]. The van der Waals surface area contributed by atoms with Gasteiger partial charge in [0.25, 0.3) is 0 Å². The van der Waals surface area contributed by atoms with Gasteiger partial charge in [-0.15, -0.1) is 0 Å². The lowest BCUT2D eigenvalue weighted by molar-refractivity contribution is -0.755. The van der Waals surface area contributed by atoms with Crippen LogP contribution < -0.4 is 17.0 Å². The van der Waals surface area contributed by atoms with Gasteiger partial charge in [-0.3, -0.25) is 0 Å². The first-order valence-electron chi connectivity index (χ1n) is 9.09. The number of benzene rings is 1. The maximum absolute atomic E-state index is 10.7. The molecule has 140 valence electrons. The first kappa shape index (κ1) is 19.2. The molecule has 5 rings (SSSR count). The third-order valence-electron chi connectivity index (χ3n) is 5.88. The van der Waals surface area contributed by atoms with E-state index in [0.717, 1.165) is 16.8 Å². The van der Waals surface area contributed by atoms with Crippen molar-refractivity contribution < 1.29 is 31.6 Å². The van der Waals surface area contributed by atoms with Gasteiger partial charge < -0.3 is 27.0 Å². The van der Waals surface area contributed by atoms with Gasteiger partial charge in [-0.1, -0.05) is 18.2 Å². The standard InChI is InChI=1S/C21H25NO3.ClH/c1-5-24-21(25-6-2)18-15-11-7-8-13-22(15)19(20(21,3)4)14-10-9-12-16(23)17(14)18;/h7-13,18-19H,5-6H2,1-4H3;1H. The quantitative estimate of drug-likeness (QED) is 0.626. The number of hydrogen-bond donors (Lipinski definition) is 1. The fourth-order valence-electron chi connectivity index (χ4n) is 5.06. The van der Waals surface area contributed by atoms with Crippen molar-refractivity contribution in [1.29, 1.82) is 0 Å². The summed E-state index contributed by atoms with van der Waals surface area (Å²) in [4.78, 5) is 0. The van der Waals surface area contributed by atoms with E-state index in [0.29, 0.717) is 19.0 Å². The molecule has 1 aromatic heterocycles. The number of hydrogen-bond acceptors (Lipinski definition) is 3. The Hall–Kier alpha value is -1.62. The highest BCUT2D eigenvalue weighted by Crippen LogP contribution is 2.63. The lowest BCUT2D eigenvalue weighted by Crippen LogP contribution is -3.00. The molecule has 2 unspecified atom stereocenters. The summed E-state index contributed by atoms with van der Waals surface area (Å²) in [6, 6.07) is 12.1. The molecule has 0 saturated carbocycles. The third kappa shape index (κ3) is 2.19. The van der Waals surface area contributed by atoms with Crippen LogP contribution in [0, 0.1) is 5.41 Å². The average Bonchev–Trinajstić information content (AvgIpc) is 2.58. The van der Waals surface area contributed by atoms with Crippen molar-refractivity contribution in [1.82, 2.24) is 0 Å². The molecule has 26 heavy (non-hydrogen) atoms. The Labute approximate surface area is 161 Å². The Morgan fingerprint density at radius 1 is 1.04 bits per heavy atom. The molecule has 2 aliphatic heterocycles. The second-order valence-electron chi connectivity index (χ2n) is 7.40. The van der Waals surface area contributed by atoms with Gasteiger partial charge in [0.15, 0.2) is 23.7 Å². The number of phenols is 1. The Morgan fingerprint density at radius 3 is 2.38 bits per heavy atom. The zero-order valence-corrected chi connectivity index (χ0v) is 16.5. The fourth-order valence-corrected chi connectivity index (χ4v) is 5.06. The minimum absolute atomic E-state index is 0. The van der Waals surface area contributed by atoms with E-state index in [2.05, 4.69) is 42.8 Å². The van der Waals surface area contributed by atoms with Crippen molar-refractivity contribution in [2.45, 2.75) is 45.4 Å². The molecule has 5 heteroatoms. The molecule has 4 nitrogen and oxygen atoms in total. The summed E-state index contributed by atoms with van der Waals surface area (Å²) in [6.45, 7) is 9.55. The summed E-state index contributed by atoms with van der Waals surface area (Å²) in [7, 11) is 0. The fraction of sp³-hybridized carbons (Fsp3) is 0.476. The number of ether oxygens (including phenoxy) is 2. The number of rotatable bonds is 4. The molecule has 3 aliphatic rings. The molecular formula is C21H26ClNO3. The molecule has 0 amide bonds. The average molecular weight is 376 g/mol. The highest BCUT2D eigenvalue weighted by Gasteiger charge is 2.71. The van der Waals surface area contributed by atoms with Crippen LogP contribution in [0.1, 0.15) is 56.5 Å². The number of fused-ring (bicyclic) bond motifs is 1. The van der Waals surface area contributed by atoms with Crippen LogP contribution in [0.15, 0.2) is 42.6 Å². The molecule has 2 aromatic rings. The van der Waals surface area contributed by atoms with Crippen LogP contribution in [0.3, 0.4) is 0 Å². The first-order valence-corrected chi connectivity index (χ1v) is 9.09. The summed E-state index contributed by atoms with van der Waals surface area (Å²) in [5.74, 6) is -0.666. The summed E-state index contributed by atoms with van der Waals surface area (Å²) in [5, 5.41) is 10.7. The van der Waals surface area contributed by atoms with E-state index in [-0.39, 0.29) is 29.8 Å². The molecule has 0 radical (unpaired) electrons. The summed E-state index contributed by atoms with van der Waals surface area (Å²) >= 11 is 0. The van der Waals surface area contributed by atoms with E-state index in [9.17, 15) is 5.11 Å². The molecule has 0 saturated heterocycles. The van der Waals surface area contributed by atoms with Crippen LogP contribution in [0.4, 0.5) is 0 Å². The number of nitrogens with zero attached hydrogens (tertiary/aromatic N) is 1. The van der Waals surface area contributed by atoms with Gasteiger partial charge in [-0.25, -0.2) is 0 Å². The van der Waals surface area contributed by atoms with Crippen LogP contribution in [0.2, 0.25) is 0 Å². The number of phenolic OH excluding ortho intramolecular Hbond substituents is 1. The van der Waals surface area contributed by atoms with E-state index in [4.69, 9.17) is 9.47 Å². The number of pyridine rings is 1. The largest absolute Gasteiger partial charge is 1.00 e. The van der Waals surface area contributed by atoms with Crippen LogP contribution >= 0.6 is 0 Å². The Bertz CT molecular complexity index is 815. The minimum atomic E-state index is -0.811. The minimum Gasteiger partial charge on any atom is -1.00 e. The van der Waals surface area contributed by atoms with Gasteiger partial charge in [0.1, 0.15) is 11.7 Å². The Morgan fingerprint density at radius 2 is 1.73 bits per heavy atom. The molecule has 0 fully saturated rings. The van der Waals surface area contributed by atoms with Crippen LogP contribution in [-0.4, -0.2) is 24.1 Å². The van der Waals surface area contributed by atoms with Gasteiger partial charge in [0.2, 0.25) is 0 Å². The van der Waals surface area contributed by atoms with Gasteiger partial charge in [-0.05, 0) is 33.8 Å². The molecule has 2 atom stereocenters. The van der Waals surface area contributed by atoms with E-state index in [1.165, 1.54) is 0 Å². The van der Waals surface area contributed by atoms with Gasteiger partial charge in [0.05, 0.1) is 5.41 Å². The maximum Gasteiger partial charge on any atom is 0.197 e. The zero-order valence-electron chi connectivity index (χ0n) is 15.7. The summed E-state index contributed by atoms with van der Waals surface area (Å²) in [6.07, 6.45) is 2.13. The van der Waals surface area contributed by atoms with E-state index >= 15 is 0 Å². The first-order chi connectivity index (χ1) is 12.0. The summed E-state index contributed by atoms with van der Waals surface area (Å²) in [5.41, 5.74) is 2.93. The summed E-state index contributed by atoms with van der Waals surface area (Å²) < 4.78 is 15.1. The van der Waals surface area contributed by atoms with Gasteiger partial charge >= 0.3 is 0 Å².